The third kappa shape index (κ3) is 2.53. The van der Waals surface area contributed by atoms with Crippen LogP contribution in [0.1, 0.15) is 12.8 Å². The van der Waals surface area contributed by atoms with Crippen LogP contribution in [0.25, 0.3) is 0 Å². The third-order valence-corrected chi connectivity index (χ3v) is 4.95. The number of hydrazine groups is 1. The second-order valence-corrected chi connectivity index (χ2v) is 6.10. The Hall–Kier alpha value is -1.71. The third-order valence-electron chi connectivity index (χ3n) is 3.01. The van der Waals surface area contributed by atoms with Gasteiger partial charge < -0.3 is 5.43 Å². The quantitative estimate of drug-likeness (QED) is 0.477. The molecule has 0 saturated carbocycles. The van der Waals surface area contributed by atoms with Gasteiger partial charge in [0, 0.05) is 25.2 Å². The fourth-order valence-corrected chi connectivity index (χ4v) is 3.72. The largest absolute Gasteiger partial charge is 0.323 e. The molecule has 1 heterocycles. The highest BCUT2D eigenvalue weighted by molar-refractivity contribution is 7.89. The Morgan fingerprint density at radius 3 is 2.47 bits per heavy atom. The van der Waals surface area contributed by atoms with E-state index in [0.29, 0.717) is 13.1 Å². The van der Waals surface area contributed by atoms with Crippen molar-refractivity contribution in [1.29, 1.82) is 0 Å². The molecule has 19 heavy (non-hydrogen) atoms. The minimum absolute atomic E-state index is 0.150. The Balaban J connectivity index is 2.52. The summed E-state index contributed by atoms with van der Waals surface area (Å²) in [6, 6.07) is 3.53. The van der Waals surface area contributed by atoms with Crippen LogP contribution in [0.4, 0.5) is 11.4 Å². The lowest BCUT2D eigenvalue weighted by molar-refractivity contribution is -0.385. The number of anilines is 1. The summed E-state index contributed by atoms with van der Waals surface area (Å²) in [6.45, 7) is 0.851. The van der Waals surface area contributed by atoms with E-state index >= 15 is 0 Å². The standard InChI is InChI=1S/C10H14N4O4S/c11-12-9-4-3-8(14(15)16)7-10(9)19(17,18)13-5-1-2-6-13/h3-4,7,12H,1-2,5-6,11H2. The van der Waals surface area contributed by atoms with Crippen LogP contribution in [0.3, 0.4) is 0 Å². The number of nitro groups is 1. The van der Waals surface area contributed by atoms with Crippen LogP contribution >= 0.6 is 0 Å². The molecule has 8 nitrogen and oxygen atoms in total. The number of benzene rings is 1. The lowest BCUT2D eigenvalue weighted by atomic mass is 10.3. The van der Waals surface area contributed by atoms with Crippen molar-refractivity contribution in [3.8, 4) is 0 Å². The van der Waals surface area contributed by atoms with Gasteiger partial charge in [-0.1, -0.05) is 0 Å². The molecule has 0 aromatic heterocycles. The normalized spacial score (nSPS) is 16.5. The van der Waals surface area contributed by atoms with Gasteiger partial charge in [0.05, 0.1) is 10.6 Å². The summed E-state index contributed by atoms with van der Waals surface area (Å²) in [5.74, 6) is 5.27. The molecule has 1 aromatic rings. The van der Waals surface area contributed by atoms with Crippen molar-refractivity contribution in [2.24, 2.45) is 5.84 Å². The number of non-ortho nitro benzene ring substituents is 1. The summed E-state index contributed by atoms with van der Waals surface area (Å²) in [6.07, 6.45) is 1.58. The molecule has 0 unspecified atom stereocenters. The van der Waals surface area contributed by atoms with E-state index in [0.717, 1.165) is 18.9 Å². The van der Waals surface area contributed by atoms with E-state index in [1.807, 2.05) is 0 Å². The van der Waals surface area contributed by atoms with Crippen molar-refractivity contribution in [1.82, 2.24) is 4.31 Å². The molecule has 0 amide bonds. The smallest absolute Gasteiger partial charge is 0.270 e. The van der Waals surface area contributed by atoms with E-state index in [1.165, 1.54) is 16.4 Å². The van der Waals surface area contributed by atoms with Gasteiger partial charge in [-0.25, -0.2) is 8.42 Å². The van der Waals surface area contributed by atoms with Crippen LogP contribution in [0.5, 0.6) is 0 Å². The molecule has 0 spiro atoms. The van der Waals surface area contributed by atoms with Gasteiger partial charge in [-0.15, -0.1) is 0 Å². The monoisotopic (exact) mass is 286 g/mol. The topological polar surface area (TPSA) is 119 Å². The first-order valence-electron chi connectivity index (χ1n) is 5.72. The molecule has 2 rings (SSSR count). The zero-order valence-electron chi connectivity index (χ0n) is 10.1. The van der Waals surface area contributed by atoms with E-state index < -0.39 is 14.9 Å². The van der Waals surface area contributed by atoms with Crippen LogP contribution in [0.2, 0.25) is 0 Å². The number of nitrogens with two attached hydrogens (primary N) is 1. The molecule has 1 aliphatic heterocycles. The van der Waals surface area contributed by atoms with Crippen molar-refractivity contribution in [3.05, 3.63) is 28.3 Å². The highest BCUT2D eigenvalue weighted by Crippen LogP contribution is 2.29. The lowest BCUT2D eigenvalue weighted by Gasteiger charge is -2.17. The van der Waals surface area contributed by atoms with Crippen LogP contribution in [-0.2, 0) is 10.0 Å². The van der Waals surface area contributed by atoms with Crippen molar-refractivity contribution in [3.63, 3.8) is 0 Å². The zero-order chi connectivity index (χ0) is 14.0. The number of nitrogens with zero attached hydrogens (tertiary/aromatic N) is 2. The summed E-state index contributed by atoms with van der Waals surface area (Å²) in [7, 11) is -3.75. The molecular formula is C10H14N4O4S. The number of nitro benzene ring substituents is 1. The SMILES string of the molecule is NNc1ccc([N+](=O)[O-])cc1S(=O)(=O)N1CCCC1. The van der Waals surface area contributed by atoms with Crippen LogP contribution in [-0.4, -0.2) is 30.7 Å². The summed E-state index contributed by atoms with van der Waals surface area (Å²) >= 11 is 0. The van der Waals surface area contributed by atoms with Gasteiger partial charge in [0.1, 0.15) is 4.90 Å². The van der Waals surface area contributed by atoms with Gasteiger partial charge in [-0.3, -0.25) is 16.0 Å². The van der Waals surface area contributed by atoms with E-state index in [1.54, 1.807) is 0 Å². The van der Waals surface area contributed by atoms with Gasteiger partial charge >= 0.3 is 0 Å². The molecule has 1 fully saturated rings. The molecule has 1 aliphatic rings. The van der Waals surface area contributed by atoms with Crippen LogP contribution in [0.15, 0.2) is 23.1 Å². The van der Waals surface area contributed by atoms with Crippen molar-refractivity contribution < 1.29 is 13.3 Å². The number of nitrogen functional groups attached to an aromatic ring is 1. The first-order chi connectivity index (χ1) is 8.96. The summed E-state index contributed by atoms with van der Waals surface area (Å²) in [4.78, 5) is 9.95. The molecule has 0 atom stereocenters. The van der Waals surface area contributed by atoms with Crippen molar-refractivity contribution in [2.45, 2.75) is 17.7 Å². The van der Waals surface area contributed by atoms with Crippen molar-refractivity contribution >= 4 is 21.4 Å². The minimum atomic E-state index is -3.75. The highest BCUT2D eigenvalue weighted by Gasteiger charge is 2.30. The molecule has 0 bridgehead atoms. The average Bonchev–Trinajstić information content (AvgIpc) is 2.92. The second-order valence-electron chi connectivity index (χ2n) is 4.19. The molecule has 3 N–H and O–H groups in total. The van der Waals surface area contributed by atoms with Crippen LogP contribution in [0, 0.1) is 10.1 Å². The summed E-state index contributed by atoms with van der Waals surface area (Å²) < 4.78 is 26.1. The van der Waals surface area contributed by atoms with E-state index in [9.17, 15) is 18.5 Å². The first kappa shape index (κ1) is 13.7. The average molecular weight is 286 g/mol. The zero-order valence-corrected chi connectivity index (χ0v) is 10.9. The molecular weight excluding hydrogens is 272 g/mol. The lowest BCUT2D eigenvalue weighted by Crippen LogP contribution is -2.29. The Morgan fingerprint density at radius 1 is 1.32 bits per heavy atom. The highest BCUT2D eigenvalue weighted by atomic mass is 32.2. The van der Waals surface area contributed by atoms with Gasteiger partial charge in [0.25, 0.3) is 5.69 Å². The predicted octanol–water partition coefficient (Wildman–Crippen LogP) is 0.665. The van der Waals surface area contributed by atoms with Gasteiger partial charge in [0.15, 0.2) is 0 Å². The number of sulfonamides is 1. The maximum absolute atomic E-state index is 12.4. The molecule has 1 aromatic carbocycles. The Morgan fingerprint density at radius 2 is 1.95 bits per heavy atom. The van der Waals surface area contributed by atoms with E-state index in [-0.39, 0.29) is 16.3 Å². The van der Waals surface area contributed by atoms with Gasteiger partial charge in [-0.05, 0) is 18.9 Å². The molecule has 104 valence electrons. The summed E-state index contributed by atoms with van der Waals surface area (Å²) in [5, 5.41) is 10.7. The maximum Gasteiger partial charge on any atom is 0.270 e. The predicted molar refractivity (Wildman–Crippen MR) is 68.9 cm³/mol. The Bertz CT molecular complexity index is 596. The molecule has 0 aliphatic carbocycles. The Kier molecular flexibility index (Phi) is 3.69. The van der Waals surface area contributed by atoms with Crippen molar-refractivity contribution in [2.75, 3.05) is 18.5 Å². The van der Waals surface area contributed by atoms with E-state index in [4.69, 9.17) is 5.84 Å². The number of rotatable bonds is 4. The number of nitrogens with one attached hydrogen (secondary N) is 1. The van der Waals surface area contributed by atoms with E-state index in [2.05, 4.69) is 5.43 Å². The first-order valence-corrected chi connectivity index (χ1v) is 7.16. The number of hydrogen-bond acceptors (Lipinski definition) is 6. The molecule has 1 saturated heterocycles. The fraction of sp³-hybridized carbons (Fsp3) is 0.400. The summed E-state index contributed by atoms with van der Waals surface area (Å²) in [5.41, 5.74) is 2.13. The van der Waals surface area contributed by atoms with Gasteiger partial charge in [-0.2, -0.15) is 4.31 Å². The second kappa shape index (κ2) is 5.11. The number of hydrogen-bond donors (Lipinski definition) is 2. The molecule has 0 radical (unpaired) electrons. The minimum Gasteiger partial charge on any atom is -0.323 e. The Labute approximate surface area is 110 Å². The van der Waals surface area contributed by atoms with Crippen LogP contribution < -0.4 is 11.3 Å². The van der Waals surface area contributed by atoms with Gasteiger partial charge in [0.2, 0.25) is 10.0 Å². The maximum atomic E-state index is 12.4. The molecule has 9 heteroatoms. The fourth-order valence-electron chi connectivity index (χ4n) is 2.02.